The lowest BCUT2D eigenvalue weighted by molar-refractivity contribution is -0.384. The van der Waals surface area contributed by atoms with Gasteiger partial charge in [0, 0.05) is 19.3 Å². The second-order valence-corrected chi connectivity index (χ2v) is 43.0. The van der Waals surface area contributed by atoms with Gasteiger partial charge >= 0.3 is 12.1 Å². The van der Waals surface area contributed by atoms with Crippen molar-refractivity contribution in [1.82, 2.24) is 5.32 Å². The van der Waals surface area contributed by atoms with E-state index in [1.165, 1.54) is 6.92 Å². The maximum Gasteiger partial charge on any atom is 0.373 e. The van der Waals surface area contributed by atoms with Gasteiger partial charge in [0.1, 0.15) is 151 Å². The number of Topliss-reactive ketones (excluding diaryl/α,β-unsaturated/α-hetero) is 1. The molecule has 13 aliphatic rings. The highest BCUT2D eigenvalue weighted by Crippen LogP contribution is 2.76. The zero-order valence-electron chi connectivity index (χ0n) is 80.8. The number of aliphatic hydroxyl groups is 22. The zero-order valence-corrected chi connectivity index (χ0v) is 80.8. The van der Waals surface area contributed by atoms with Gasteiger partial charge in [0.15, 0.2) is 50.1 Å². The Bertz CT molecular complexity index is 4080. The fourth-order valence-electron chi connectivity index (χ4n) is 24.7. The first kappa shape index (κ1) is 114. The molecular weight excluding hydrogens is 1850 g/mol. The zero-order chi connectivity index (χ0) is 102. The molecule has 13 rings (SSSR count). The molecule has 0 aromatic carbocycles. The molecule has 0 aromatic rings. The number of carbonyl (C=O) groups excluding carboxylic acids is 6. The number of esters is 1. The van der Waals surface area contributed by atoms with E-state index in [1.54, 1.807) is 13.8 Å². The molecule has 4 saturated carbocycles. The van der Waals surface area contributed by atoms with Crippen LogP contribution >= 0.6 is 0 Å². The summed E-state index contributed by atoms with van der Waals surface area (Å²) in [7, 11) is 0. The molecule has 45 nitrogen and oxygen atoms in total. The second-order valence-electron chi connectivity index (χ2n) is 43.0. The number of amides is 1. The molecule has 0 aromatic heterocycles. The summed E-state index contributed by atoms with van der Waals surface area (Å²) in [5.74, 6) is -4.69. The van der Waals surface area contributed by atoms with Crippen LogP contribution in [0.2, 0.25) is 0 Å². The van der Waals surface area contributed by atoms with E-state index < -0.39 is 354 Å². The van der Waals surface area contributed by atoms with Crippen molar-refractivity contribution in [3.05, 3.63) is 11.6 Å². The third-order valence-corrected chi connectivity index (χ3v) is 33.8. The van der Waals surface area contributed by atoms with E-state index in [4.69, 9.17) is 85.4 Å². The highest BCUT2D eigenvalue weighted by Gasteiger charge is 2.74. The van der Waals surface area contributed by atoms with Crippen LogP contribution < -0.4 is 5.32 Å². The molecule has 23 N–H and O–H groups in total. The molecule has 0 spiro atoms. The Morgan fingerprint density at radius 1 is 0.540 bits per heavy atom. The van der Waals surface area contributed by atoms with E-state index in [1.807, 2.05) is 41.5 Å². The minimum absolute atomic E-state index is 0.0161. The van der Waals surface area contributed by atoms with Gasteiger partial charge in [0.05, 0.1) is 107 Å². The van der Waals surface area contributed by atoms with Crippen molar-refractivity contribution in [3.8, 4) is 0 Å². The molecule has 8 heterocycles. The summed E-state index contributed by atoms with van der Waals surface area (Å²) in [5.41, 5.74) is -7.25. The largest absolute Gasteiger partial charge is 0.432 e. The van der Waals surface area contributed by atoms with Crippen molar-refractivity contribution in [2.75, 3.05) is 46.2 Å². The van der Waals surface area contributed by atoms with Crippen LogP contribution in [0.1, 0.15) is 192 Å². The van der Waals surface area contributed by atoms with Gasteiger partial charge in [-0.2, -0.15) is 9.59 Å². The van der Waals surface area contributed by atoms with Crippen LogP contribution in [0.15, 0.2) is 11.6 Å². The number of rotatable bonds is 36. The van der Waals surface area contributed by atoms with Crippen LogP contribution in [-0.2, 0) is 105 Å². The van der Waals surface area contributed by atoms with Crippen molar-refractivity contribution < 1.29 is 217 Å². The summed E-state index contributed by atoms with van der Waals surface area (Å²) in [6, 6.07) is -1.72. The van der Waals surface area contributed by atoms with Crippen LogP contribution in [0.25, 0.3) is 0 Å². The number of allylic oxidation sites excluding steroid dienone is 2. The molecule has 139 heavy (non-hydrogen) atoms. The Morgan fingerprint density at radius 2 is 1.10 bits per heavy atom. The first-order valence-electron chi connectivity index (χ1n) is 49.1. The molecule has 8 saturated heterocycles. The third kappa shape index (κ3) is 22.8. The summed E-state index contributed by atoms with van der Waals surface area (Å²) >= 11 is 0. The summed E-state index contributed by atoms with van der Waals surface area (Å²) < 4.78 is 97.5. The van der Waals surface area contributed by atoms with Crippen LogP contribution in [0, 0.1) is 68.0 Å². The topological polar surface area (TPSA) is 707 Å². The van der Waals surface area contributed by atoms with Gasteiger partial charge in [-0.05, 0) is 135 Å². The predicted molar refractivity (Wildman–Crippen MR) is 466 cm³/mol. The molecule has 12 fully saturated rings. The van der Waals surface area contributed by atoms with Gasteiger partial charge < -0.3 is 198 Å². The number of ether oxygens (including phenoxy) is 16. The van der Waals surface area contributed by atoms with Gasteiger partial charge in [-0.3, -0.25) is 14.4 Å². The second kappa shape index (κ2) is 46.4. The standard InChI is InChI=1S/C93H153NO42.CO2/c1-13-39(4)42(24-43(99)26-45(101)27-52(40(5)14-2)127-81-68(114)62(108)51(15-3)126-81)25-44(100)28-59(106)94-60-53(31-95)128-84(75(64(60)110)134-80-70(116)66(112)72(41(6)125-80)131-79-71(117)73(49(103)34-122-79)132-85-77(118)92(120,37-98)38-124-85)136-86(119)93-23-22-87(7,8)29-47(93)46-16-17-56-88(9)20-19-58(89(10,36-97)55(88)18-21-90(56,11)91(46,12)30-57(93)105)130-83-76(135-82-69(115)65(111)63(109)54(32-96)129-82)74(50(104)35-123-83)133-78-67(113)61(107)48(102)33-121-78;2-1-3/h16,36,39-42,44-45,47-58,60-85,95-96,98,100-105,107-118,120H,13-15,17-35,37-38H2,1-12H3,(H,94,106);/t39-,40-,41?,42?,44+,45-,47?,48-,49-,50-,51+,52+,53?,54?,55-,56?,57?,58+,60+,61+,62-,63+,64?,65+,66?,67?,68?,69?,70+,71-,72+,73?,74+,75-,76?,77?,78+,79+,80+,81+,82+,83+,84+,85+,88?,89-,90+,91-,92+,93-;/m1./s1. The maximum absolute atomic E-state index is 16.4. The van der Waals surface area contributed by atoms with Gasteiger partial charge in [0.25, 0.3) is 0 Å². The molecule has 8 aliphatic heterocycles. The maximum atomic E-state index is 16.4. The molecule has 45 heteroatoms. The van der Waals surface area contributed by atoms with Gasteiger partial charge in [-0.1, -0.05) is 101 Å². The highest BCUT2D eigenvalue weighted by atomic mass is 16.8. The number of fused-ring (bicyclic) bond motifs is 7. The number of aldehydes is 1. The van der Waals surface area contributed by atoms with Gasteiger partial charge in [-0.15, -0.1) is 0 Å². The first-order valence-corrected chi connectivity index (χ1v) is 49.1. The Hall–Kier alpha value is -4.08. The Kier molecular flexibility index (Phi) is 37.9. The van der Waals surface area contributed by atoms with Crippen molar-refractivity contribution in [1.29, 1.82) is 0 Å². The number of carbonyl (C=O) groups is 4. The molecule has 1 amide bonds. The molecule has 0 bridgehead atoms. The van der Waals surface area contributed by atoms with Gasteiger partial charge in [-0.25, -0.2) is 0 Å². The normalized spacial score (nSPS) is 47.8. The Balaban J connectivity index is 0.00000569. The van der Waals surface area contributed by atoms with Crippen LogP contribution in [0.4, 0.5) is 0 Å². The SMILES string of the molecule is CC[C@@H](C)C(CC(=O)C[C@@H](O)C[C@H](O[C@@H]1O[C@@H](CC)[C@@H](O)C1O)[C@H](C)CC)C[C@H](O)CC(=O)N[C@H]1C(CO)O[C@@H](OC(=O)[C@]23CCC(C)(C)CC2C2=CCC4C5(C)CC[C@H](O[C@@H]6OC[C@@H](O)[C@H](O[C@@H]7OC[C@@H](O)[C@H](O)C7O)C6O[C@@H]6OC(CO)[C@H](O)[C@H](O)C6O)[C@](C)(C=O)[C@@H]5CC[C@]4(C)[C@]2(C)CC3O)[C@H](O[C@@H]2OC(C)[C@H](O[C@@H]3OC[C@@H](O)C(O[C@@H]4OC[C@@](O)(CO)C4O)[C@H]3O)C(O)[C@@H]2O)C1O.O=C=O. The van der Waals surface area contributed by atoms with E-state index in [9.17, 15) is 127 Å². The van der Waals surface area contributed by atoms with Crippen LogP contribution in [-0.4, -0.2) is 428 Å². The third-order valence-electron chi connectivity index (χ3n) is 33.8. The first-order chi connectivity index (χ1) is 65.4. The van der Waals surface area contributed by atoms with Crippen molar-refractivity contribution in [2.45, 2.75) is 431 Å². The van der Waals surface area contributed by atoms with E-state index in [-0.39, 0.29) is 74.6 Å². The monoisotopic (exact) mass is 2000 g/mol. The molecule has 5 aliphatic carbocycles. The number of aliphatic hydroxyl groups excluding tert-OH is 21. The number of hydrogen-bond acceptors (Lipinski definition) is 44. The van der Waals surface area contributed by atoms with Crippen molar-refractivity contribution >= 4 is 30.1 Å². The van der Waals surface area contributed by atoms with Crippen LogP contribution in [0.5, 0.6) is 0 Å². The number of nitrogens with one attached hydrogen (secondary N) is 1. The van der Waals surface area contributed by atoms with Crippen molar-refractivity contribution in [2.24, 2.45) is 68.0 Å². The lowest BCUT2D eigenvalue weighted by Gasteiger charge is -2.71. The summed E-state index contributed by atoms with van der Waals surface area (Å²) in [6.45, 7) is 18.0. The Labute approximate surface area is 806 Å². The molecular formula is C94H153NO44. The van der Waals surface area contributed by atoms with E-state index >= 15 is 4.79 Å². The Morgan fingerprint density at radius 3 is 1.73 bits per heavy atom. The highest BCUT2D eigenvalue weighted by molar-refractivity contribution is 5.80. The predicted octanol–water partition coefficient (Wildman–Crippen LogP) is -5.10. The van der Waals surface area contributed by atoms with E-state index in [2.05, 4.69) is 32.2 Å². The minimum Gasteiger partial charge on any atom is -0.432 e. The van der Waals surface area contributed by atoms with E-state index in [0.29, 0.717) is 57.8 Å². The summed E-state index contributed by atoms with van der Waals surface area (Å²) in [5, 5.41) is 250. The van der Waals surface area contributed by atoms with Gasteiger partial charge in [0.2, 0.25) is 12.2 Å². The molecule has 798 valence electrons. The molecule has 0 radical (unpaired) electrons. The van der Waals surface area contributed by atoms with E-state index in [0.717, 1.165) is 11.9 Å². The lowest BCUT2D eigenvalue weighted by atomic mass is 9.33. The molecule has 16 unspecified atom stereocenters. The minimum atomic E-state index is -2.20. The number of ketones is 1. The fraction of sp³-hybridized carbons (Fsp3) is 0.926. The molecule has 50 atom stereocenters. The lowest BCUT2D eigenvalue weighted by Crippen LogP contribution is -2.70. The quantitative estimate of drug-likeness (QED) is 0.0121. The average Bonchev–Trinajstić information content (AvgIpc) is 1.06. The van der Waals surface area contributed by atoms with Crippen LogP contribution in [0.3, 0.4) is 0 Å². The average molecular weight is 2000 g/mol. The smallest absolute Gasteiger partial charge is 0.373 e. The fourth-order valence-corrected chi connectivity index (χ4v) is 24.7. The number of hydrogen-bond donors (Lipinski definition) is 23. The summed E-state index contributed by atoms with van der Waals surface area (Å²) in [4.78, 5) is 75.6. The van der Waals surface area contributed by atoms with Crippen molar-refractivity contribution in [3.63, 3.8) is 0 Å². The summed E-state index contributed by atoms with van der Waals surface area (Å²) in [6.07, 6.45) is -54.5.